The molecule has 3 aliphatic rings. The molecule has 0 unspecified atom stereocenters. The Bertz CT molecular complexity index is 1210. The van der Waals surface area contributed by atoms with Gasteiger partial charge in [-0.05, 0) is 73.6 Å². The van der Waals surface area contributed by atoms with Crippen LogP contribution in [0.2, 0.25) is 0 Å². The molecule has 3 aromatic rings. The van der Waals surface area contributed by atoms with E-state index < -0.39 is 0 Å². The Labute approximate surface area is 205 Å². The summed E-state index contributed by atoms with van der Waals surface area (Å²) in [6, 6.07) is 8.93. The minimum Gasteiger partial charge on any atom is -0.303 e. The Morgan fingerprint density at radius 3 is 2.79 bits per heavy atom. The highest BCUT2D eigenvalue weighted by Gasteiger charge is 2.44. The third-order valence-corrected chi connectivity index (χ3v) is 9.21. The number of thioether (sulfide) groups is 1. The third kappa shape index (κ3) is 4.11. The average Bonchev–Trinajstić information content (AvgIpc) is 3.26. The lowest BCUT2D eigenvalue weighted by molar-refractivity contribution is -0.130. The van der Waals surface area contributed by atoms with E-state index in [1.165, 1.54) is 39.9 Å². The van der Waals surface area contributed by atoms with Gasteiger partial charge >= 0.3 is 0 Å². The molecule has 0 radical (unpaired) electrons. The minimum atomic E-state index is -0.0110. The van der Waals surface area contributed by atoms with Crippen molar-refractivity contribution < 1.29 is 4.79 Å². The summed E-state index contributed by atoms with van der Waals surface area (Å²) in [6.07, 6.45) is 7.82. The molecular formula is C24H25N5OS3. The number of hydrogen-bond donors (Lipinski definition) is 0. The van der Waals surface area contributed by atoms with Gasteiger partial charge in [0.25, 0.3) is 5.91 Å². The second-order valence-corrected chi connectivity index (χ2v) is 11.7. The van der Waals surface area contributed by atoms with E-state index in [1.807, 2.05) is 6.92 Å². The Morgan fingerprint density at radius 1 is 1.18 bits per heavy atom. The molecule has 0 saturated heterocycles. The van der Waals surface area contributed by atoms with Crippen LogP contribution >= 0.6 is 34.4 Å². The summed E-state index contributed by atoms with van der Waals surface area (Å²) < 4.78 is 2.19. The molecule has 2 fully saturated rings. The molecular weight excluding hydrogens is 470 g/mol. The van der Waals surface area contributed by atoms with Crippen molar-refractivity contribution >= 4 is 52.1 Å². The van der Waals surface area contributed by atoms with Crippen LogP contribution in [0.5, 0.6) is 0 Å². The Morgan fingerprint density at radius 2 is 2.03 bits per heavy atom. The lowest BCUT2D eigenvalue weighted by atomic mass is 9.79. The zero-order valence-corrected chi connectivity index (χ0v) is 20.8. The molecule has 170 valence electrons. The summed E-state index contributed by atoms with van der Waals surface area (Å²) in [7, 11) is 0. The molecule has 6 nitrogen and oxygen atoms in total. The van der Waals surface area contributed by atoms with Gasteiger partial charge in [0.05, 0.1) is 17.5 Å². The molecule has 0 N–H and O–H groups in total. The highest BCUT2D eigenvalue weighted by molar-refractivity contribution is 7.99. The van der Waals surface area contributed by atoms with Gasteiger partial charge in [-0.15, -0.1) is 32.9 Å². The summed E-state index contributed by atoms with van der Waals surface area (Å²) in [5.74, 6) is 1.55. The lowest BCUT2D eigenvalue weighted by Crippen LogP contribution is -2.32. The predicted octanol–water partition coefficient (Wildman–Crippen LogP) is 5.96. The van der Waals surface area contributed by atoms with Crippen LogP contribution in [-0.2, 0) is 4.79 Å². The maximum absolute atomic E-state index is 13.5. The fraction of sp³-hybridized carbons (Fsp3) is 0.417. The number of rotatable bonds is 6. The Hall–Kier alpha value is -2.23. The van der Waals surface area contributed by atoms with Gasteiger partial charge in [-0.2, -0.15) is 5.10 Å². The number of thiophene rings is 2. The summed E-state index contributed by atoms with van der Waals surface area (Å²) in [4.78, 5) is 16.0. The summed E-state index contributed by atoms with van der Waals surface area (Å²) in [5, 5.41) is 20.4. The van der Waals surface area contributed by atoms with Crippen LogP contribution in [0.4, 0.5) is 0 Å². The fourth-order valence-electron chi connectivity index (χ4n) is 4.88. The average molecular weight is 496 g/mol. The molecule has 2 saturated carbocycles. The van der Waals surface area contributed by atoms with Crippen LogP contribution in [-0.4, -0.2) is 37.1 Å². The quantitative estimate of drug-likeness (QED) is 0.396. The molecule has 3 aromatic heterocycles. The van der Waals surface area contributed by atoms with Gasteiger partial charge < -0.3 is 4.57 Å². The van der Waals surface area contributed by atoms with Crippen LogP contribution in [0, 0.1) is 12.8 Å². The van der Waals surface area contributed by atoms with Crippen molar-refractivity contribution in [3.63, 3.8) is 0 Å². The summed E-state index contributed by atoms with van der Waals surface area (Å²) in [5.41, 5.74) is 2.38. The topological polar surface area (TPSA) is 63.4 Å². The number of amides is 1. The number of hydrazone groups is 1. The number of carbonyl (C=O) groups excluding carboxylic acids is 1. The van der Waals surface area contributed by atoms with Crippen LogP contribution in [0.25, 0.3) is 6.08 Å². The first-order valence-corrected chi connectivity index (χ1v) is 14.2. The Kier molecular flexibility index (Phi) is 5.72. The van der Waals surface area contributed by atoms with E-state index in [9.17, 15) is 4.79 Å². The van der Waals surface area contributed by atoms with E-state index >= 15 is 0 Å². The zero-order valence-electron chi connectivity index (χ0n) is 18.4. The van der Waals surface area contributed by atoms with Crippen molar-refractivity contribution in [3.05, 3.63) is 56.2 Å². The highest BCUT2D eigenvalue weighted by Crippen LogP contribution is 2.46. The van der Waals surface area contributed by atoms with Gasteiger partial charge in [0.15, 0.2) is 5.16 Å². The van der Waals surface area contributed by atoms with Crippen LogP contribution < -0.4 is 0 Å². The molecule has 0 aromatic carbocycles. The van der Waals surface area contributed by atoms with Gasteiger partial charge in [0, 0.05) is 21.7 Å². The van der Waals surface area contributed by atoms with Crippen molar-refractivity contribution in [1.82, 2.24) is 19.8 Å². The van der Waals surface area contributed by atoms with E-state index in [1.54, 1.807) is 27.7 Å². The minimum absolute atomic E-state index is 0.0110. The summed E-state index contributed by atoms with van der Waals surface area (Å²) in [6.45, 7) is 1.99. The molecule has 33 heavy (non-hydrogen) atoms. The van der Waals surface area contributed by atoms with Crippen molar-refractivity contribution in [2.24, 2.45) is 11.0 Å². The largest absolute Gasteiger partial charge is 0.303 e. The molecule has 6 rings (SSSR count). The number of nitrogens with zero attached hydrogens (tertiary/aromatic N) is 5. The monoisotopic (exact) mass is 495 g/mol. The lowest BCUT2D eigenvalue weighted by Gasteiger charge is -2.28. The highest BCUT2D eigenvalue weighted by atomic mass is 32.2. The van der Waals surface area contributed by atoms with Crippen molar-refractivity contribution in [2.75, 3.05) is 5.75 Å². The number of allylic oxidation sites excluding steroid dienone is 1. The van der Waals surface area contributed by atoms with Gasteiger partial charge in [-0.1, -0.05) is 23.9 Å². The molecule has 2 aliphatic carbocycles. The normalized spacial score (nSPS) is 23.7. The first-order chi connectivity index (χ1) is 16.2. The van der Waals surface area contributed by atoms with Crippen LogP contribution in [0.1, 0.15) is 59.8 Å². The molecule has 4 heterocycles. The maximum atomic E-state index is 13.5. The van der Waals surface area contributed by atoms with Gasteiger partial charge in [-0.3, -0.25) is 4.79 Å². The molecule has 0 spiro atoms. The standard InChI is InChI=1S/C24H25N5OS3/c1-15-25-26-24(28(15)17-9-10-17)33-14-21(30)29-23(20-8-4-12-32-20)19-7-2-5-16(22(19)27-29)13-18-6-3-11-31-18/h3-4,6,8,11-13,17,19,23H,2,5,7,9-10,14H2,1H3/b16-13-/t19-,23-/m0/s1. The number of hydrogen-bond acceptors (Lipinski definition) is 7. The predicted molar refractivity (Wildman–Crippen MR) is 135 cm³/mol. The van der Waals surface area contributed by atoms with Gasteiger partial charge in [0.2, 0.25) is 0 Å². The second kappa shape index (κ2) is 8.85. The molecule has 9 heteroatoms. The Balaban J connectivity index is 1.28. The first-order valence-electron chi connectivity index (χ1n) is 11.4. The second-order valence-electron chi connectivity index (χ2n) is 8.79. The van der Waals surface area contributed by atoms with Crippen LogP contribution in [0.3, 0.4) is 0 Å². The SMILES string of the molecule is Cc1nnc(SCC(=O)N2N=C3/C(=C\c4cccs4)CCC[C@@H]3[C@H]2c2cccs2)n1C1CC1. The number of aryl methyl sites for hydroxylation is 1. The number of carbonyl (C=O) groups is 1. The first kappa shape index (κ1) is 21.3. The van der Waals surface area contributed by atoms with Crippen molar-refractivity contribution in [1.29, 1.82) is 0 Å². The van der Waals surface area contributed by atoms with Gasteiger partial charge in [-0.25, -0.2) is 5.01 Å². The number of fused-ring (bicyclic) bond motifs is 1. The summed E-state index contributed by atoms with van der Waals surface area (Å²) >= 11 is 4.95. The van der Waals surface area contributed by atoms with E-state index in [4.69, 9.17) is 5.10 Å². The van der Waals surface area contributed by atoms with E-state index in [0.29, 0.717) is 11.8 Å². The smallest absolute Gasteiger partial charge is 0.253 e. The van der Waals surface area contributed by atoms with Crippen molar-refractivity contribution in [3.8, 4) is 0 Å². The molecule has 0 bridgehead atoms. The molecule has 1 aliphatic heterocycles. The van der Waals surface area contributed by atoms with Crippen molar-refractivity contribution in [2.45, 2.75) is 56.3 Å². The van der Waals surface area contributed by atoms with E-state index in [0.717, 1.165) is 36.0 Å². The molecule has 1 amide bonds. The maximum Gasteiger partial charge on any atom is 0.253 e. The molecule has 2 atom stereocenters. The fourth-order valence-corrected chi connectivity index (χ4v) is 7.34. The van der Waals surface area contributed by atoms with Crippen LogP contribution in [0.15, 0.2) is 50.9 Å². The zero-order chi connectivity index (χ0) is 22.4. The third-order valence-electron chi connectivity index (χ3n) is 6.52. The van der Waals surface area contributed by atoms with E-state index in [-0.39, 0.29) is 17.9 Å². The van der Waals surface area contributed by atoms with E-state index in [2.05, 4.69) is 55.9 Å². The van der Waals surface area contributed by atoms with Gasteiger partial charge in [0.1, 0.15) is 5.82 Å². The number of aromatic nitrogens is 3.